The van der Waals surface area contributed by atoms with Crippen LogP contribution in [-0.4, -0.2) is 38.6 Å². The first kappa shape index (κ1) is 16.8. The first-order valence-electron chi connectivity index (χ1n) is 7.71. The van der Waals surface area contributed by atoms with E-state index < -0.39 is 23.9 Å². The number of aryl methyl sites for hydroxylation is 1. The third-order valence-corrected chi connectivity index (χ3v) is 4.19. The van der Waals surface area contributed by atoms with Crippen LogP contribution in [0.15, 0.2) is 24.3 Å². The van der Waals surface area contributed by atoms with Gasteiger partial charge in [-0.15, -0.1) is 0 Å². The van der Waals surface area contributed by atoms with Crippen molar-refractivity contribution in [3.63, 3.8) is 0 Å². The molecule has 0 aliphatic carbocycles. The van der Waals surface area contributed by atoms with Gasteiger partial charge in [-0.25, -0.2) is 4.79 Å². The molecule has 2 aromatic carbocycles. The summed E-state index contributed by atoms with van der Waals surface area (Å²) in [5.41, 5.74) is 0.887. The normalized spacial score (nSPS) is 19.0. The van der Waals surface area contributed by atoms with Crippen LogP contribution in [0.4, 0.5) is 0 Å². The molecule has 1 heterocycles. The zero-order valence-corrected chi connectivity index (χ0v) is 13.7. The molecule has 0 aromatic heterocycles. The van der Waals surface area contributed by atoms with Crippen LogP contribution in [-0.2, 0) is 11.2 Å². The van der Waals surface area contributed by atoms with Crippen molar-refractivity contribution in [3.05, 3.63) is 41.0 Å². The minimum Gasteiger partial charge on any atom is -0.508 e. The van der Waals surface area contributed by atoms with Crippen LogP contribution in [0, 0.1) is 6.92 Å². The van der Waals surface area contributed by atoms with Crippen molar-refractivity contribution < 1.29 is 34.7 Å². The summed E-state index contributed by atoms with van der Waals surface area (Å²) < 4.78 is 11.1. The van der Waals surface area contributed by atoms with Gasteiger partial charge < -0.3 is 29.9 Å². The molecule has 0 radical (unpaired) electrons. The number of fused-ring (bicyclic) bond motifs is 1. The molecule has 0 bridgehead atoms. The third-order valence-electron chi connectivity index (χ3n) is 4.19. The van der Waals surface area contributed by atoms with Crippen molar-refractivity contribution in [3.8, 4) is 28.7 Å². The molecular formula is C18H18O7. The van der Waals surface area contributed by atoms with Gasteiger partial charge in [-0.2, -0.15) is 0 Å². The van der Waals surface area contributed by atoms with Gasteiger partial charge in [-0.3, -0.25) is 0 Å². The number of carbonyl (C=O) groups excluding carboxylic acids is 1. The second-order valence-electron chi connectivity index (χ2n) is 6.07. The number of rotatable bonds is 2. The average molecular weight is 346 g/mol. The lowest BCUT2D eigenvalue weighted by atomic mass is 9.98. The second-order valence-corrected chi connectivity index (χ2v) is 6.07. The predicted octanol–water partition coefficient (Wildman–Crippen LogP) is 2.37. The zero-order chi connectivity index (χ0) is 18.3. The standard InChI is InChI=1S/C18H18O7/c1-8-3-10(4-14(21)17(8)22)18(23)25-15-7-12-13(20)5-11(19)6-16(12)24-9(15)2/h3-6,9,15,19-22H,7H2,1-2H3. The molecule has 1 aliphatic rings. The topological polar surface area (TPSA) is 116 Å². The summed E-state index contributed by atoms with van der Waals surface area (Å²) in [6, 6.07) is 5.13. The molecule has 25 heavy (non-hydrogen) atoms. The molecule has 0 saturated carbocycles. The Hall–Kier alpha value is -3.09. The SMILES string of the molecule is Cc1cc(C(=O)OC2Cc3c(O)cc(O)cc3OC2C)cc(O)c1O. The Morgan fingerprint density at radius 3 is 2.52 bits per heavy atom. The highest BCUT2D eigenvalue weighted by Gasteiger charge is 2.32. The van der Waals surface area contributed by atoms with Gasteiger partial charge in [0.25, 0.3) is 0 Å². The quantitative estimate of drug-likeness (QED) is 0.487. The molecule has 2 aromatic rings. The van der Waals surface area contributed by atoms with Gasteiger partial charge in [-0.1, -0.05) is 0 Å². The van der Waals surface area contributed by atoms with E-state index in [0.29, 0.717) is 16.9 Å². The van der Waals surface area contributed by atoms with Crippen molar-refractivity contribution >= 4 is 5.97 Å². The van der Waals surface area contributed by atoms with Crippen molar-refractivity contribution in [1.29, 1.82) is 0 Å². The second kappa shape index (κ2) is 6.08. The molecular weight excluding hydrogens is 328 g/mol. The van der Waals surface area contributed by atoms with Gasteiger partial charge >= 0.3 is 5.97 Å². The van der Waals surface area contributed by atoms with Gasteiger partial charge in [0.2, 0.25) is 0 Å². The number of phenols is 4. The van der Waals surface area contributed by atoms with E-state index in [9.17, 15) is 25.2 Å². The Morgan fingerprint density at radius 1 is 1.12 bits per heavy atom. The fourth-order valence-electron chi connectivity index (χ4n) is 2.79. The molecule has 7 nitrogen and oxygen atoms in total. The van der Waals surface area contributed by atoms with E-state index in [2.05, 4.69) is 0 Å². The number of benzene rings is 2. The third kappa shape index (κ3) is 3.13. The highest BCUT2D eigenvalue weighted by atomic mass is 16.6. The smallest absolute Gasteiger partial charge is 0.338 e. The minimum absolute atomic E-state index is 0.0979. The van der Waals surface area contributed by atoms with E-state index in [4.69, 9.17) is 9.47 Å². The molecule has 4 N–H and O–H groups in total. The first-order valence-corrected chi connectivity index (χ1v) is 7.71. The highest BCUT2D eigenvalue weighted by molar-refractivity contribution is 5.90. The lowest BCUT2D eigenvalue weighted by molar-refractivity contribution is -0.0121. The van der Waals surface area contributed by atoms with Crippen LogP contribution >= 0.6 is 0 Å². The largest absolute Gasteiger partial charge is 0.508 e. The number of hydrogen-bond acceptors (Lipinski definition) is 7. The summed E-state index contributed by atoms with van der Waals surface area (Å²) in [5, 5.41) is 38.7. The van der Waals surface area contributed by atoms with Gasteiger partial charge in [0, 0.05) is 24.1 Å². The zero-order valence-electron chi connectivity index (χ0n) is 13.7. The summed E-state index contributed by atoms with van der Waals surface area (Å²) in [6.45, 7) is 3.26. The lowest BCUT2D eigenvalue weighted by Gasteiger charge is -2.31. The van der Waals surface area contributed by atoms with E-state index in [-0.39, 0.29) is 29.2 Å². The van der Waals surface area contributed by atoms with Crippen molar-refractivity contribution in [2.75, 3.05) is 0 Å². The Labute approximate surface area is 143 Å². The average Bonchev–Trinajstić information content (AvgIpc) is 2.53. The predicted molar refractivity (Wildman–Crippen MR) is 87.3 cm³/mol. The van der Waals surface area contributed by atoms with Crippen molar-refractivity contribution in [1.82, 2.24) is 0 Å². The fraction of sp³-hybridized carbons (Fsp3) is 0.278. The van der Waals surface area contributed by atoms with Crippen LogP contribution < -0.4 is 4.74 Å². The Balaban J connectivity index is 1.82. The van der Waals surface area contributed by atoms with Gasteiger partial charge in [-0.05, 0) is 31.5 Å². The first-order chi connectivity index (χ1) is 11.8. The summed E-state index contributed by atoms with van der Waals surface area (Å²) in [4.78, 5) is 12.4. The molecule has 1 aliphatic heterocycles. The number of ether oxygens (including phenoxy) is 2. The molecule has 132 valence electrons. The summed E-state index contributed by atoms with van der Waals surface area (Å²) in [5.74, 6) is -1.28. The number of phenolic OH excluding ortho intramolecular Hbond substituents is 4. The van der Waals surface area contributed by atoms with E-state index in [1.807, 2.05) is 0 Å². The highest BCUT2D eigenvalue weighted by Crippen LogP contribution is 2.38. The molecule has 0 spiro atoms. The van der Waals surface area contributed by atoms with Gasteiger partial charge in [0.05, 0.1) is 5.56 Å². The number of aromatic hydroxyl groups is 4. The monoisotopic (exact) mass is 346 g/mol. The molecule has 7 heteroatoms. The van der Waals surface area contributed by atoms with Crippen LogP contribution in [0.3, 0.4) is 0 Å². The van der Waals surface area contributed by atoms with Crippen LogP contribution in [0.5, 0.6) is 28.7 Å². The molecule has 0 amide bonds. The van der Waals surface area contributed by atoms with E-state index in [1.165, 1.54) is 18.2 Å². The van der Waals surface area contributed by atoms with Crippen molar-refractivity contribution in [2.24, 2.45) is 0 Å². The summed E-state index contributed by atoms with van der Waals surface area (Å²) in [6.07, 6.45) is -0.937. The minimum atomic E-state index is -0.680. The molecule has 2 unspecified atom stereocenters. The Morgan fingerprint density at radius 2 is 1.84 bits per heavy atom. The van der Waals surface area contributed by atoms with Crippen LogP contribution in [0.25, 0.3) is 0 Å². The number of esters is 1. The van der Waals surface area contributed by atoms with Crippen molar-refractivity contribution in [2.45, 2.75) is 32.5 Å². The number of hydrogen-bond donors (Lipinski definition) is 4. The van der Waals surface area contributed by atoms with Crippen LogP contribution in [0.2, 0.25) is 0 Å². The van der Waals surface area contributed by atoms with E-state index in [1.54, 1.807) is 13.8 Å². The van der Waals surface area contributed by atoms with Gasteiger partial charge in [0.15, 0.2) is 11.5 Å². The molecule has 0 saturated heterocycles. The fourth-order valence-corrected chi connectivity index (χ4v) is 2.79. The maximum absolute atomic E-state index is 12.4. The lowest BCUT2D eigenvalue weighted by Crippen LogP contribution is -2.38. The Kier molecular flexibility index (Phi) is 4.08. The van der Waals surface area contributed by atoms with E-state index >= 15 is 0 Å². The van der Waals surface area contributed by atoms with Crippen LogP contribution in [0.1, 0.15) is 28.4 Å². The molecule has 2 atom stereocenters. The Bertz CT molecular complexity index is 821. The summed E-state index contributed by atoms with van der Waals surface area (Å²) in [7, 11) is 0. The maximum atomic E-state index is 12.4. The molecule has 0 fully saturated rings. The summed E-state index contributed by atoms with van der Waals surface area (Å²) >= 11 is 0. The van der Waals surface area contributed by atoms with Gasteiger partial charge in [0.1, 0.15) is 29.5 Å². The molecule has 3 rings (SSSR count). The number of carbonyl (C=O) groups is 1. The maximum Gasteiger partial charge on any atom is 0.338 e. The van der Waals surface area contributed by atoms with E-state index in [0.717, 1.165) is 6.07 Å².